The smallest absolute Gasteiger partial charge is 0.0674 e. The van der Waals surface area contributed by atoms with Gasteiger partial charge in [-0.2, -0.15) is 0 Å². The molecule has 2 aliphatic rings. The lowest BCUT2D eigenvalue weighted by atomic mass is 9.94. The molecule has 2 rings (SSSR count). The van der Waals surface area contributed by atoms with Gasteiger partial charge in [-0.05, 0) is 25.7 Å². The minimum absolute atomic E-state index is 0.101. The molecule has 2 atom stereocenters. The highest BCUT2D eigenvalue weighted by Crippen LogP contribution is 2.38. The van der Waals surface area contributed by atoms with E-state index in [9.17, 15) is 5.11 Å². The number of aliphatic hydroxyl groups excluding tert-OH is 1. The first-order valence-electron chi connectivity index (χ1n) is 5.88. The monoisotopic (exact) mass is 214 g/mol. The van der Waals surface area contributed by atoms with Gasteiger partial charge in [0.15, 0.2) is 0 Å². The van der Waals surface area contributed by atoms with Crippen molar-refractivity contribution in [3.05, 3.63) is 0 Å². The average Bonchev–Trinajstić information content (AvgIpc) is 3.01. The van der Waals surface area contributed by atoms with Crippen molar-refractivity contribution in [3.63, 3.8) is 0 Å². The first-order valence-corrected chi connectivity index (χ1v) is 5.88. The van der Waals surface area contributed by atoms with Crippen molar-refractivity contribution in [1.29, 1.82) is 0 Å². The summed E-state index contributed by atoms with van der Waals surface area (Å²) in [4.78, 5) is 2.32. The van der Waals surface area contributed by atoms with Crippen LogP contribution < -0.4 is 5.73 Å². The molecule has 0 aromatic carbocycles. The van der Waals surface area contributed by atoms with Gasteiger partial charge in [0.1, 0.15) is 0 Å². The average molecular weight is 214 g/mol. The van der Waals surface area contributed by atoms with Crippen LogP contribution in [-0.2, 0) is 4.74 Å². The number of hydrogen-bond acceptors (Lipinski definition) is 4. The van der Waals surface area contributed by atoms with E-state index in [1.807, 2.05) is 0 Å². The first-order chi connectivity index (χ1) is 7.14. The lowest BCUT2D eigenvalue weighted by molar-refractivity contribution is -0.0302. The Balaban J connectivity index is 1.88. The summed E-state index contributed by atoms with van der Waals surface area (Å²) >= 11 is 0. The van der Waals surface area contributed by atoms with Crippen LogP contribution in [0.25, 0.3) is 0 Å². The van der Waals surface area contributed by atoms with E-state index in [2.05, 4.69) is 11.8 Å². The fourth-order valence-electron chi connectivity index (χ4n) is 2.42. The van der Waals surface area contributed by atoms with Crippen LogP contribution in [0.1, 0.15) is 19.8 Å². The van der Waals surface area contributed by atoms with Crippen LogP contribution in [0.5, 0.6) is 0 Å². The standard InChI is InChI=1S/C11H22N2O2/c1-9-6-13(4-5-15-9)7-11(12,8-14)10-2-3-10/h9-10,14H,2-8,12H2,1H3. The van der Waals surface area contributed by atoms with E-state index in [0.29, 0.717) is 12.0 Å². The highest BCUT2D eigenvalue weighted by Gasteiger charge is 2.43. The molecule has 0 bridgehead atoms. The molecular formula is C11H22N2O2. The maximum absolute atomic E-state index is 9.41. The topological polar surface area (TPSA) is 58.7 Å². The summed E-state index contributed by atoms with van der Waals surface area (Å²) in [6, 6.07) is 0. The van der Waals surface area contributed by atoms with Crippen molar-refractivity contribution in [2.24, 2.45) is 11.7 Å². The third-order valence-electron chi connectivity index (χ3n) is 3.53. The molecule has 0 aromatic rings. The Bertz CT molecular complexity index is 221. The van der Waals surface area contributed by atoms with E-state index in [0.717, 1.165) is 26.2 Å². The van der Waals surface area contributed by atoms with Crippen LogP contribution in [-0.4, -0.2) is 54.5 Å². The number of morpholine rings is 1. The van der Waals surface area contributed by atoms with Crippen molar-refractivity contribution in [2.45, 2.75) is 31.4 Å². The van der Waals surface area contributed by atoms with E-state index in [1.165, 1.54) is 12.8 Å². The van der Waals surface area contributed by atoms with Crippen LogP contribution in [0.4, 0.5) is 0 Å². The fraction of sp³-hybridized carbons (Fsp3) is 1.00. The van der Waals surface area contributed by atoms with Gasteiger partial charge in [-0.3, -0.25) is 4.90 Å². The zero-order valence-corrected chi connectivity index (χ0v) is 9.48. The molecule has 0 spiro atoms. The molecule has 2 fully saturated rings. The predicted octanol–water partition coefficient (Wildman–Crippen LogP) is -0.193. The SMILES string of the molecule is CC1CN(CC(N)(CO)C2CC2)CCO1. The van der Waals surface area contributed by atoms with E-state index in [-0.39, 0.29) is 12.1 Å². The quantitative estimate of drug-likeness (QED) is 0.681. The lowest BCUT2D eigenvalue weighted by Gasteiger charge is -2.38. The van der Waals surface area contributed by atoms with Gasteiger partial charge < -0.3 is 15.6 Å². The number of aliphatic hydroxyl groups is 1. The molecule has 1 saturated heterocycles. The van der Waals surface area contributed by atoms with Crippen LogP contribution in [0.2, 0.25) is 0 Å². The van der Waals surface area contributed by atoms with Crippen LogP contribution >= 0.6 is 0 Å². The number of ether oxygens (including phenoxy) is 1. The summed E-state index contributed by atoms with van der Waals surface area (Å²) in [5.74, 6) is 0.528. The highest BCUT2D eigenvalue weighted by molar-refractivity contribution is 5.00. The zero-order chi connectivity index (χ0) is 10.9. The maximum Gasteiger partial charge on any atom is 0.0674 e. The van der Waals surface area contributed by atoms with Gasteiger partial charge in [-0.15, -0.1) is 0 Å². The number of nitrogens with zero attached hydrogens (tertiary/aromatic N) is 1. The molecule has 1 heterocycles. The maximum atomic E-state index is 9.41. The lowest BCUT2D eigenvalue weighted by Crippen LogP contribution is -2.57. The van der Waals surface area contributed by atoms with Crippen molar-refractivity contribution in [2.75, 3.05) is 32.8 Å². The second-order valence-corrected chi connectivity index (χ2v) is 5.08. The molecule has 1 saturated carbocycles. The molecular weight excluding hydrogens is 192 g/mol. The zero-order valence-electron chi connectivity index (χ0n) is 9.48. The summed E-state index contributed by atoms with van der Waals surface area (Å²) in [7, 11) is 0. The van der Waals surface area contributed by atoms with Gasteiger partial charge in [0, 0.05) is 19.6 Å². The third-order valence-corrected chi connectivity index (χ3v) is 3.53. The Morgan fingerprint density at radius 1 is 1.53 bits per heavy atom. The Morgan fingerprint density at radius 2 is 2.27 bits per heavy atom. The molecule has 88 valence electrons. The van der Waals surface area contributed by atoms with Gasteiger partial charge in [-0.1, -0.05) is 0 Å². The fourth-order valence-corrected chi connectivity index (χ4v) is 2.42. The highest BCUT2D eigenvalue weighted by atomic mass is 16.5. The second-order valence-electron chi connectivity index (χ2n) is 5.08. The summed E-state index contributed by atoms with van der Waals surface area (Å²) in [6.45, 7) is 5.65. The van der Waals surface area contributed by atoms with Crippen LogP contribution in [0.15, 0.2) is 0 Å². The number of rotatable bonds is 4. The Hall–Kier alpha value is -0.160. The molecule has 4 nitrogen and oxygen atoms in total. The van der Waals surface area contributed by atoms with E-state index >= 15 is 0 Å². The number of hydrogen-bond donors (Lipinski definition) is 2. The molecule has 15 heavy (non-hydrogen) atoms. The van der Waals surface area contributed by atoms with E-state index < -0.39 is 0 Å². The Kier molecular flexibility index (Phi) is 3.30. The number of nitrogens with two attached hydrogens (primary N) is 1. The van der Waals surface area contributed by atoms with E-state index in [4.69, 9.17) is 10.5 Å². The minimum Gasteiger partial charge on any atom is -0.394 e. The largest absolute Gasteiger partial charge is 0.394 e. The molecule has 1 aliphatic heterocycles. The van der Waals surface area contributed by atoms with Crippen LogP contribution in [0.3, 0.4) is 0 Å². The molecule has 4 heteroatoms. The van der Waals surface area contributed by atoms with Crippen molar-refractivity contribution >= 4 is 0 Å². The van der Waals surface area contributed by atoms with Gasteiger partial charge in [-0.25, -0.2) is 0 Å². The summed E-state index contributed by atoms with van der Waals surface area (Å²) in [5, 5.41) is 9.41. The Labute approximate surface area is 91.4 Å². The van der Waals surface area contributed by atoms with Crippen molar-refractivity contribution < 1.29 is 9.84 Å². The van der Waals surface area contributed by atoms with Crippen LogP contribution in [0, 0.1) is 5.92 Å². The van der Waals surface area contributed by atoms with Gasteiger partial charge in [0.25, 0.3) is 0 Å². The molecule has 0 aromatic heterocycles. The molecule has 2 unspecified atom stereocenters. The second kappa shape index (κ2) is 4.37. The first kappa shape index (κ1) is 11.3. The van der Waals surface area contributed by atoms with E-state index in [1.54, 1.807) is 0 Å². The molecule has 0 amide bonds. The molecule has 1 aliphatic carbocycles. The summed E-state index contributed by atoms with van der Waals surface area (Å²) in [5.41, 5.74) is 5.87. The Morgan fingerprint density at radius 3 is 2.80 bits per heavy atom. The van der Waals surface area contributed by atoms with Crippen molar-refractivity contribution in [1.82, 2.24) is 4.90 Å². The summed E-state index contributed by atoms with van der Waals surface area (Å²) in [6.07, 6.45) is 2.65. The normalized spacial score (nSPS) is 32.6. The molecule has 0 radical (unpaired) electrons. The summed E-state index contributed by atoms with van der Waals surface area (Å²) < 4.78 is 5.49. The predicted molar refractivity (Wildman–Crippen MR) is 58.6 cm³/mol. The van der Waals surface area contributed by atoms with Gasteiger partial charge in [0.2, 0.25) is 0 Å². The van der Waals surface area contributed by atoms with Gasteiger partial charge >= 0.3 is 0 Å². The third kappa shape index (κ3) is 2.69. The molecule has 3 N–H and O–H groups in total. The van der Waals surface area contributed by atoms with Gasteiger partial charge in [0.05, 0.1) is 24.9 Å². The van der Waals surface area contributed by atoms with Crippen molar-refractivity contribution in [3.8, 4) is 0 Å². The minimum atomic E-state index is -0.378.